The first-order chi connectivity index (χ1) is 10.1. The van der Waals surface area contributed by atoms with Gasteiger partial charge in [-0.3, -0.25) is 4.79 Å². The minimum Gasteiger partial charge on any atom is -0.335 e. The second-order valence-electron chi connectivity index (χ2n) is 5.29. The van der Waals surface area contributed by atoms with Crippen molar-refractivity contribution in [1.29, 1.82) is 0 Å². The molecule has 0 bridgehead atoms. The lowest BCUT2D eigenvalue weighted by Crippen LogP contribution is -2.30. The Kier molecular flexibility index (Phi) is 3.68. The predicted octanol–water partition coefficient (Wildman–Crippen LogP) is 4.24. The minimum absolute atomic E-state index is 0.00350. The predicted molar refractivity (Wildman–Crippen MR) is 81.0 cm³/mol. The number of amides is 1. The van der Waals surface area contributed by atoms with E-state index in [0.29, 0.717) is 0 Å². The molecule has 0 saturated carbocycles. The average molecular weight is 304 g/mol. The normalized spacial score (nSPS) is 16.6. The number of hydrogen-bond acceptors (Lipinski definition) is 1. The SMILES string of the molecule is CN(C(=O)c1ccc(Cl)cc1F)[C@@H]1CCc2ccccc21. The van der Waals surface area contributed by atoms with Crippen LogP contribution in [0.15, 0.2) is 42.5 Å². The highest BCUT2D eigenvalue weighted by Crippen LogP contribution is 2.35. The smallest absolute Gasteiger partial charge is 0.257 e. The molecule has 4 heteroatoms. The van der Waals surface area contributed by atoms with Crippen molar-refractivity contribution in [1.82, 2.24) is 4.90 Å². The summed E-state index contributed by atoms with van der Waals surface area (Å²) >= 11 is 5.73. The Hall–Kier alpha value is -1.87. The summed E-state index contributed by atoms with van der Waals surface area (Å²) in [5, 5.41) is 0.290. The monoisotopic (exact) mass is 303 g/mol. The summed E-state index contributed by atoms with van der Waals surface area (Å²) in [6, 6.07) is 12.2. The second-order valence-corrected chi connectivity index (χ2v) is 5.73. The van der Waals surface area contributed by atoms with Crippen molar-refractivity contribution in [2.24, 2.45) is 0 Å². The lowest BCUT2D eigenvalue weighted by atomic mass is 10.1. The van der Waals surface area contributed by atoms with Gasteiger partial charge in [0.15, 0.2) is 0 Å². The van der Waals surface area contributed by atoms with Crippen LogP contribution in [0.5, 0.6) is 0 Å². The van der Waals surface area contributed by atoms with Crippen LogP contribution in [-0.4, -0.2) is 17.9 Å². The van der Waals surface area contributed by atoms with Crippen LogP contribution in [0.4, 0.5) is 4.39 Å². The van der Waals surface area contributed by atoms with E-state index in [1.165, 1.54) is 23.8 Å². The van der Waals surface area contributed by atoms with Gasteiger partial charge < -0.3 is 4.90 Å². The third-order valence-electron chi connectivity index (χ3n) is 4.05. The van der Waals surface area contributed by atoms with Crippen molar-refractivity contribution in [2.45, 2.75) is 18.9 Å². The maximum absolute atomic E-state index is 13.9. The first-order valence-electron chi connectivity index (χ1n) is 6.88. The Morgan fingerprint density at radius 2 is 2.05 bits per heavy atom. The molecule has 1 aliphatic rings. The van der Waals surface area contributed by atoms with E-state index >= 15 is 0 Å². The molecule has 0 aliphatic heterocycles. The summed E-state index contributed by atoms with van der Waals surface area (Å²) in [5.41, 5.74) is 2.48. The summed E-state index contributed by atoms with van der Waals surface area (Å²) in [4.78, 5) is 14.1. The molecule has 1 atom stereocenters. The largest absolute Gasteiger partial charge is 0.335 e. The Labute approximate surface area is 128 Å². The summed E-state index contributed by atoms with van der Waals surface area (Å²) in [6.07, 6.45) is 1.82. The van der Waals surface area contributed by atoms with Gasteiger partial charge in [0, 0.05) is 12.1 Å². The van der Waals surface area contributed by atoms with Crippen molar-refractivity contribution in [2.75, 3.05) is 7.05 Å². The first-order valence-corrected chi connectivity index (χ1v) is 7.25. The Balaban J connectivity index is 1.89. The Morgan fingerprint density at radius 1 is 1.29 bits per heavy atom. The zero-order chi connectivity index (χ0) is 15.0. The van der Waals surface area contributed by atoms with Crippen LogP contribution in [-0.2, 0) is 6.42 Å². The molecule has 21 heavy (non-hydrogen) atoms. The van der Waals surface area contributed by atoms with Crippen LogP contribution < -0.4 is 0 Å². The third-order valence-corrected chi connectivity index (χ3v) is 4.29. The first kappa shape index (κ1) is 14.1. The van der Waals surface area contributed by atoms with E-state index < -0.39 is 5.82 Å². The number of rotatable bonds is 2. The second kappa shape index (κ2) is 5.49. The van der Waals surface area contributed by atoms with Crippen LogP contribution in [0.2, 0.25) is 5.02 Å². The zero-order valence-electron chi connectivity index (χ0n) is 11.6. The Morgan fingerprint density at radius 3 is 2.81 bits per heavy atom. The summed E-state index contributed by atoms with van der Waals surface area (Å²) < 4.78 is 13.9. The maximum atomic E-state index is 13.9. The van der Waals surface area contributed by atoms with Gasteiger partial charge in [0.1, 0.15) is 5.82 Å². The van der Waals surface area contributed by atoms with E-state index in [0.717, 1.165) is 18.4 Å². The number of fused-ring (bicyclic) bond motifs is 1. The van der Waals surface area contributed by atoms with E-state index in [1.807, 2.05) is 18.2 Å². The number of hydrogen-bond donors (Lipinski definition) is 0. The average Bonchev–Trinajstić information content (AvgIpc) is 2.90. The number of carbonyl (C=O) groups is 1. The van der Waals surface area contributed by atoms with Crippen LogP contribution in [0, 0.1) is 5.82 Å². The lowest BCUT2D eigenvalue weighted by Gasteiger charge is -2.25. The summed E-state index contributed by atoms with van der Waals surface area (Å²) in [5.74, 6) is -0.892. The molecule has 0 radical (unpaired) electrons. The number of halogens is 2. The molecular formula is C17H15ClFNO. The number of benzene rings is 2. The van der Waals surface area contributed by atoms with Crippen LogP contribution in [0.1, 0.15) is 33.9 Å². The lowest BCUT2D eigenvalue weighted by molar-refractivity contribution is 0.0726. The van der Waals surface area contributed by atoms with Gasteiger partial charge in [0.25, 0.3) is 5.91 Å². The quantitative estimate of drug-likeness (QED) is 0.812. The van der Waals surface area contributed by atoms with E-state index in [-0.39, 0.29) is 22.5 Å². The minimum atomic E-state index is -0.578. The molecule has 108 valence electrons. The van der Waals surface area contributed by atoms with Crippen LogP contribution >= 0.6 is 11.6 Å². The highest BCUT2D eigenvalue weighted by molar-refractivity contribution is 6.30. The van der Waals surface area contributed by atoms with Gasteiger partial charge >= 0.3 is 0 Å². The number of aryl methyl sites for hydroxylation is 1. The summed E-state index contributed by atoms with van der Waals surface area (Å²) in [7, 11) is 1.73. The Bertz CT molecular complexity index is 701. The molecule has 0 aromatic heterocycles. The van der Waals surface area contributed by atoms with Gasteiger partial charge in [-0.15, -0.1) is 0 Å². The number of carbonyl (C=O) groups excluding carboxylic acids is 1. The molecule has 2 nitrogen and oxygen atoms in total. The van der Waals surface area contributed by atoms with Gasteiger partial charge in [-0.25, -0.2) is 4.39 Å². The highest BCUT2D eigenvalue weighted by Gasteiger charge is 2.29. The van der Waals surface area contributed by atoms with Gasteiger partial charge in [0.05, 0.1) is 11.6 Å². The van der Waals surface area contributed by atoms with Crippen LogP contribution in [0.25, 0.3) is 0 Å². The molecule has 2 aromatic carbocycles. The van der Waals surface area contributed by atoms with Crippen LogP contribution in [0.3, 0.4) is 0 Å². The van der Waals surface area contributed by atoms with Crippen molar-refractivity contribution >= 4 is 17.5 Å². The molecule has 0 fully saturated rings. The molecule has 2 aromatic rings. The maximum Gasteiger partial charge on any atom is 0.257 e. The van der Waals surface area contributed by atoms with Gasteiger partial charge in [-0.05, 0) is 42.2 Å². The van der Waals surface area contributed by atoms with Gasteiger partial charge in [0.2, 0.25) is 0 Å². The van der Waals surface area contributed by atoms with Gasteiger partial charge in [-0.1, -0.05) is 35.9 Å². The fourth-order valence-electron chi connectivity index (χ4n) is 2.93. The molecule has 3 rings (SSSR count). The summed E-state index contributed by atoms with van der Waals surface area (Å²) in [6.45, 7) is 0. The van der Waals surface area contributed by atoms with Crippen molar-refractivity contribution in [3.05, 3.63) is 70.0 Å². The molecule has 0 spiro atoms. The molecule has 0 heterocycles. The fourth-order valence-corrected chi connectivity index (χ4v) is 3.09. The number of nitrogens with zero attached hydrogens (tertiary/aromatic N) is 1. The van der Waals surface area contributed by atoms with E-state index in [9.17, 15) is 9.18 Å². The zero-order valence-corrected chi connectivity index (χ0v) is 12.4. The molecule has 0 saturated heterocycles. The van der Waals surface area contributed by atoms with Gasteiger partial charge in [-0.2, -0.15) is 0 Å². The molecular weight excluding hydrogens is 289 g/mol. The standard InChI is InChI=1S/C17H15ClFNO/c1-20(16-9-6-11-4-2-3-5-13(11)16)17(21)14-8-7-12(18)10-15(14)19/h2-5,7-8,10,16H,6,9H2,1H3/t16-/m1/s1. The molecule has 0 unspecified atom stereocenters. The fraction of sp³-hybridized carbons (Fsp3) is 0.235. The molecule has 1 amide bonds. The van der Waals surface area contributed by atoms with E-state index in [1.54, 1.807) is 11.9 Å². The van der Waals surface area contributed by atoms with Crippen molar-refractivity contribution in [3.63, 3.8) is 0 Å². The van der Waals surface area contributed by atoms with Crippen molar-refractivity contribution in [3.8, 4) is 0 Å². The van der Waals surface area contributed by atoms with E-state index in [2.05, 4.69) is 6.07 Å². The molecule has 0 N–H and O–H groups in total. The topological polar surface area (TPSA) is 20.3 Å². The van der Waals surface area contributed by atoms with Crippen molar-refractivity contribution < 1.29 is 9.18 Å². The highest BCUT2D eigenvalue weighted by atomic mass is 35.5. The third kappa shape index (κ3) is 2.54. The van der Waals surface area contributed by atoms with E-state index in [4.69, 9.17) is 11.6 Å². The molecule has 1 aliphatic carbocycles.